The number of Topliss-reactive ketones (excluding diaryl/α,β-unsaturated/α-hetero) is 1. The number of rotatable bonds is 2. The van der Waals surface area contributed by atoms with Gasteiger partial charge >= 0.3 is 0 Å². The first-order valence-electron chi connectivity index (χ1n) is 7.32. The Morgan fingerprint density at radius 3 is 2.44 bits per heavy atom. The minimum atomic E-state index is 0.288. The predicted molar refractivity (Wildman–Crippen MR) is 73.9 cm³/mol. The molecule has 1 nitrogen and oxygen atoms in total. The second kappa shape index (κ2) is 4.22. The van der Waals surface area contributed by atoms with E-state index in [0.29, 0.717) is 23.5 Å². The molecule has 0 amide bonds. The van der Waals surface area contributed by atoms with Crippen LogP contribution in [-0.2, 0) is 0 Å². The molecule has 2 aliphatic carbocycles. The predicted octanol–water partition coefficient (Wildman–Crippen LogP) is 4.35. The summed E-state index contributed by atoms with van der Waals surface area (Å²) >= 11 is 0. The van der Waals surface area contributed by atoms with Crippen LogP contribution >= 0.6 is 0 Å². The van der Waals surface area contributed by atoms with Gasteiger partial charge in [0.15, 0.2) is 5.78 Å². The lowest BCUT2D eigenvalue weighted by Crippen LogP contribution is -2.17. The summed E-state index contributed by atoms with van der Waals surface area (Å²) in [6.07, 6.45) is 3.61. The summed E-state index contributed by atoms with van der Waals surface area (Å²) in [6.45, 7) is 6.60. The molecule has 0 radical (unpaired) electrons. The Kier molecular flexibility index (Phi) is 2.80. The van der Waals surface area contributed by atoms with Crippen LogP contribution < -0.4 is 0 Å². The van der Waals surface area contributed by atoms with Crippen LogP contribution in [0.4, 0.5) is 0 Å². The lowest BCUT2D eigenvalue weighted by molar-refractivity contribution is 0.0897. The molecule has 3 rings (SSSR count). The zero-order valence-corrected chi connectivity index (χ0v) is 11.6. The van der Waals surface area contributed by atoms with Gasteiger partial charge in [-0.25, -0.2) is 0 Å². The summed E-state index contributed by atoms with van der Waals surface area (Å²) < 4.78 is 0. The molecule has 0 bridgehead atoms. The van der Waals surface area contributed by atoms with Crippen LogP contribution in [-0.4, -0.2) is 5.78 Å². The Morgan fingerprint density at radius 1 is 1.11 bits per heavy atom. The molecule has 4 unspecified atom stereocenters. The van der Waals surface area contributed by atoms with E-state index in [1.54, 1.807) is 0 Å². The van der Waals surface area contributed by atoms with Crippen LogP contribution in [0.25, 0.3) is 0 Å². The molecule has 0 saturated heterocycles. The maximum atomic E-state index is 12.7. The minimum absolute atomic E-state index is 0.288. The molecular formula is C17H22O. The molecule has 4 atom stereocenters. The van der Waals surface area contributed by atoms with Crippen molar-refractivity contribution in [1.29, 1.82) is 0 Å². The maximum Gasteiger partial charge on any atom is 0.167 e. The Bertz CT molecular complexity index is 488. The smallest absolute Gasteiger partial charge is 0.167 e. The highest BCUT2D eigenvalue weighted by Gasteiger charge is 2.51. The fraction of sp³-hybridized carbons (Fsp3) is 0.588. The van der Waals surface area contributed by atoms with Gasteiger partial charge in [-0.2, -0.15) is 0 Å². The van der Waals surface area contributed by atoms with E-state index in [1.807, 2.05) is 0 Å². The second-order valence-corrected chi connectivity index (χ2v) is 6.03. The highest BCUT2D eigenvalue weighted by atomic mass is 16.1. The monoisotopic (exact) mass is 242 g/mol. The number of benzene rings is 1. The van der Waals surface area contributed by atoms with E-state index in [0.717, 1.165) is 12.0 Å². The van der Waals surface area contributed by atoms with E-state index >= 15 is 0 Å². The molecule has 1 saturated carbocycles. The number of aryl methyl sites for hydroxylation is 1. The molecule has 0 aromatic heterocycles. The SMILES string of the molecule is CCC1CC(CC)C2c3cccc(C)c3C(=O)C12. The van der Waals surface area contributed by atoms with Gasteiger partial charge in [-0.15, -0.1) is 0 Å². The van der Waals surface area contributed by atoms with Gasteiger partial charge in [0, 0.05) is 11.5 Å². The normalized spacial score (nSPS) is 33.6. The summed E-state index contributed by atoms with van der Waals surface area (Å²) in [6, 6.07) is 6.40. The first-order valence-corrected chi connectivity index (χ1v) is 7.32. The molecule has 0 N–H and O–H groups in total. The number of hydrogen-bond donors (Lipinski definition) is 0. The topological polar surface area (TPSA) is 17.1 Å². The standard InChI is InChI=1S/C17H22O/c1-4-11-9-12(5-2)16-15(11)13-8-6-7-10(3)14(13)17(16)18/h6-8,11-12,15-16H,4-5,9H2,1-3H3. The molecule has 1 heteroatoms. The molecule has 0 spiro atoms. The van der Waals surface area contributed by atoms with Crippen LogP contribution in [0.1, 0.15) is 60.5 Å². The average Bonchev–Trinajstić information content (AvgIpc) is 2.88. The van der Waals surface area contributed by atoms with Crippen LogP contribution in [0.2, 0.25) is 0 Å². The van der Waals surface area contributed by atoms with Crippen LogP contribution in [0.3, 0.4) is 0 Å². The van der Waals surface area contributed by atoms with Crippen molar-refractivity contribution in [3.05, 3.63) is 34.9 Å². The van der Waals surface area contributed by atoms with Crippen molar-refractivity contribution in [1.82, 2.24) is 0 Å². The van der Waals surface area contributed by atoms with Gasteiger partial charge in [0.1, 0.15) is 0 Å². The lowest BCUT2D eigenvalue weighted by atomic mass is 9.85. The van der Waals surface area contributed by atoms with E-state index < -0.39 is 0 Å². The van der Waals surface area contributed by atoms with Gasteiger partial charge < -0.3 is 0 Å². The summed E-state index contributed by atoms with van der Waals surface area (Å²) in [7, 11) is 0. The minimum Gasteiger partial charge on any atom is -0.294 e. The number of carbonyl (C=O) groups excluding carboxylic acids is 1. The molecule has 1 aromatic carbocycles. The summed E-state index contributed by atoms with van der Waals surface area (Å²) in [5.74, 6) is 2.57. The second-order valence-electron chi connectivity index (χ2n) is 6.03. The van der Waals surface area contributed by atoms with Gasteiger partial charge in [0.2, 0.25) is 0 Å². The van der Waals surface area contributed by atoms with Crippen LogP contribution in [0, 0.1) is 24.7 Å². The van der Waals surface area contributed by atoms with Gasteiger partial charge in [0.05, 0.1) is 0 Å². The molecule has 1 aromatic rings. The van der Waals surface area contributed by atoms with Gasteiger partial charge in [-0.3, -0.25) is 4.79 Å². The third-order valence-corrected chi connectivity index (χ3v) is 5.27. The largest absolute Gasteiger partial charge is 0.294 e. The third-order valence-electron chi connectivity index (χ3n) is 5.27. The average molecular weight is 242 g/mol. The van der Waals surface area contributed by atoms with Crippen molar-refractivity contribution < 1.29 is 4.79 Å². The summed E-state index contributed by atoms with van der Waals surface area (Å²) in [4.78, 5) is 12.7. The molecule has 18 heavy (non-hydrogen) atoms. The molecule has 1 fully saturated rings. The zero-order valence-electron chi connectivity index (χ0n) is 11.6. The number of carbonyl (C=O) groups is 1. The molecule has 96 valence electrons. The molecule has 2 aliphatic rings. The third kappa shape index (κ3) is 1.43. The fourth-order valence-corrected chi connectivity index (χ4v) is 4.41. The van der Waals surface area contributed by atoms with Gasteiger partial charge in [-0.1, -0.05) is 44.9 Å². The Labute approximate surface area is 110 Å². The first kappa shape index (κ1) is 12.0. The van der Waals surface area contributed by atoms with Crippen molar-refractivity contribution >= 4 is 5.78 Å². The molecular weight excluding hydrogens is 220 g/mol. The van der Waals surface area contributed by atoms with Gasteiger partial charge in [0.25, 0.3) is 0 Å². The van der Waals surface area contributed by atoms with E-state index in [2.05, 4.69) is 39.0 Å². The van der Waals surface area contributed by atoms with Crippen molar-refractivity contribution in [3.63, 3.8) is 0 Å². The Morgan fingerprint density at radius 2 is 1.78 bits per heavy atom. The van der Waals surface area contributed by atoms with Crippen molar-refractivity contribution in [2.45, 2.75) is 46.0 Å². The fourth-order valence-electron chi connectivity index (χ4n) is 4.41. The highest BCUT2D eigenvalue weighted by molar-refractivity contribution is 6.05. The van der Waals surface area contributed by atoms with E-state index in [1.165, 1.54) is 24.0 Å². The van der Waals surface area contributed by atoms with Crippen molar-refractivity contribution in [2.75, 3.05) is 0 Å². The first-order chi connectivity index (χ1) is 8.69. The maximum absolute atomic E-state index is 12.7. The molecule has 0 aliphatic heterocycles. The van der Waals surface area contributed by atoms with Crippen molar-refractivity contribution in [3.8, 4) is 0 Å². The summed E-state index contributed by atoms with van der Waals surface area (Å²) in [5, 5.41) is 0. The van der Waals surface area contributed by atoms with E-state index in [-0.39, 0.29) is 5.92 Å². The Balaban J connectivity index is 2.13. The number of fused-ring (bicyclic) bond motifs is 3. The van der Waals surface area contributed by atoms with Crippen molar-refractivity contribution in [2.24, 2.45) is 17.8 Å². The molecule has 0 heterocycles. The Hall–Kier alpha value is -1.11. The van der Waals surface area contributed by atoms with Crippen LogP contribution in [0.5, 0.6) is 0 Å². The number of ketones is 1. The quantitative estimate of drug-likeness (QED) is 0.753. The lowest BCUT2D eigenvalue weighted by Gasteiger charge is -2.17. The highest BCUT2D eigenvalue weighted by Crippen LogP contribution is 2.56. The number of hydrogen-bond acceptors (Lipinski definition) is 1. The van der Waals surface area contributed by atoms with E-state index in [4.69, 9.17) is 0 Å². The summed E-state index contributed by atoms with van der Waals surface area (Å²) in [5.41, 5.74) is 3.59. The van der Waals surface area contributed by atoms with Crippen LogP contribution in [0.15, 0.2) is 18.2 Å². The zero-order chi connectivity index (χ0) is 12.9. The van der Waals surface area contributed by atoms with Gasteiger partial charge in [-0.05, 0) is 42.2 Å². The van der Waals surface area contributed by atoms with E-state index in [9.17, 15) is 4.79 Å².